The zero-order valence-electron chi connectivity index (χ0n) is 7.39. The molecule has 0 fully saturated rings. The summed E-state index contributed by atoms with van der Waals surface area (Å²) < 4.78 is 0.529. The van der Waals surface area contributed by atoms with Crippen molar-refractivity contribution in [3.05, 3.63) is 27.2 Å². The fourth-order valence-corrected chi connectivity index (χ4v) is 1.58. The molecule has 0 aliphatic heterocycles. The molecule has 1 aromatic rings. The highest BCUT2D eigenvalue weighted by Gasteiger charge is 2.14. The molecule has 1 aromatic carbocycles. The van der Waals surface area contributed by atoms with Crippen molar-refractivity contribution in [2.24, 2.45) is 5.73 Å². The van der Waals surface area contributed by atoms with Crippen LogP contribution in [0.25, 0.3) is 0 Å². The summed E-state index contributed by atoms with van der Waals surface area (Å²) in [4.78, 5) is 10.9. The Bertz CT molecular complexity index is 374. The Balaban J connectivity index is 3.50. The van der Waals surface area contributed by atoms with Gasteiger partial charge in [-0.3, -0.25) is 4.79 Å². The van der Waals surface area contributed by atoms with E-state index >= 15 is 0 Å². The minimum Gasteiger partial charge on any atom is -0.506 e. The van der Waals surface area contributed by atoms with Gasteiger partial charge < -0.3 is 10.8 Å². The first-order valence-electron chi connectivity index (χ1n) is 3.73. The van der Waals surface area contributed by atoms with Crippen molar-refractivity contribution in [1.29, 1.82) is 0 Å². The third-order valence-corrected chi connectivity index (χ3v) is 2.98. The SMILES string of the molecule is Cc1cc(C(N)=O)c(O)c(Br)c1C. The molecule has 0 atom stereocenters. The molecule has 0 saturated heterocycles. The lowest BCUT2D eigenvalue weighted by atomic mass is 10.0. The van der Waals surface area contributed by atoms with Crippen molar-refractivity contribution in [3.63, 3.8) is 0 Å². The number of hydrogen-bond donors (Lipinski definition) is 2. The molecular formula is C9H10BrNO2. The van der Waals surface area contributed by atoms with Crippen molar-refractivity contribution in [1.82, 2.24) is 0 Å². The van der Waals surface area contributed by atoms with E-state index < -0.39 is 5.91 Å². The zero-order chi connectivity index (χ0) is 10.2. The Labute approximate surface area is 84.7 Å². The van der Waals surface area contributed by atoms with Crippen molar-refractivity contribution >= 4 is 21.8 Å². The number of hydrogen-bond acceptors (Lipinski definition) is 2. The lowest BCUT2D eigenvalue weighted by molar-refractivity contribution is 0.0997. The van der Waals surface area contributed by atoms with E-state index in [-0.39, 0.29) is 11.3 Å². The van der Waals surface area contributed by atoms with Crippen LogP contribution < -0.4 is 5.73 Å². The molecule has 0 aliphatic carbocycles. The van der Waals surface area contributed by atoms with Gasteiger partial charge in [0.15, 0.2) is 0 Å². The quantitative estimate of drug-likeness (QED) is 0.792. The van der Waals surface area contributed by atoms with Crippen LogP contribution in [0.1, 0.15) is 21.5 Å². The number of nitrogens with two attached hydrogens (primary N) is 1. The van der Waals surface area contributed by atoms with Crippen LogP contribution in [0.2, 0.25) is 0 Å². The summed E-state index contributed by atoms with van der Waals surface area (Å²) in [6.45, 7) is 3.70. The summed E-state index contributed by atoms with van der Waals surface area (Å²) in [7, 11) is 0. The van der Waals surface area contributed by atoms with E-state index in [4.69, 9.17) is 5.73 Å². The van der Waals surface area contributed by atoms with Crippen LogP contribution in [0.15, 0.2) is 10.5 Å². The van der Waals surface area contributed by atoms with Crippen LogP contribution >= 0.6 is 15.9 Å². The van der Waals surface area contributed by atoms with Gasteiger partial charge in [-0.25, -0.2) is 0 Å². The molecule has 1 rings (SSSR count). The van der Waals surface area contributed by atoms with Crippen molar-refractivity contribution in [2.75, 3.05) is 0 Å². The summed E-state index contributed by atoms with van der Waals surface area (Å²) >= 11 is 3.19. The lowest BCUT2D eigenvalue weighted by Crippen LogP contribution is -2.12. The van der Waals surface area contributed by atoms with E-state index in [9.17, 15) is 9.90 Å². The van der Waals surface area contributed by atoms with Gasteiger partial charge >= 0.3 is 0 Å². The number of amides is 1. The molecule has 4 heteroatoms. The standard InChI is InChI=1S/C9H10BrNO2/c1-4-3-6(9(11)13)8(12)7(10)5(4)2/h3,12H,1-2H3,(H2,11,13). The van der Waals surface area contributed by atoms with Gasteiger partial charge in [0.25, 0.3) is 5.91 Å². The number of carbonyl (C=O) groups is 1. The van der Waals surface area contributed by atoms with Gasteiger partial charge in [-0.05, 0) is 47.0 Å². The minimum absolute atomic E-state index is 0.0874. The number of benzene rings is 1. The summed E-state index contributed by atoms with van der Waals surface area (Å²) in [5.41, 5.74) is 7.05. The molecule has 13 heavy (non-hydrogen) atoms. The van der Waals surface area contributed by atoms with E-state index in [0.717, 1.165) is 11.1 Å². The lowest BCUT2D eigenvalue weighted by Gasteiger charge is -2.08. The summed E-state index contributed by atoms with van der Waals surface area (Å²) in [5.74, 6) is -0.711. The first kappa shape index (κ1) is 10.1. The first-order valence-corrected chi connectivity index (χ1v) is 4.53. The normalized spacial score (nSPS) is 10.1. The molecule has 0 saturated carbocycles. The average Bonchev–Trinajstić information content (AvgIpc) is 2.07. The molecular weight excluding hydrogens is 234 g/mol. The zero-order valence-corrected chi connectivity index (χ0v) is 8.97. The van der Waals surface area contributed by atoms with Crippen molar-refractivity contribution in [3.8, 4) is 5.75 Å². The number of halogens is 1. The average molecular weight is 244 g/mol. The maximum Gasteiger partial charge on any atom is 0.252 e. The summed E-state index contributed by atoms with van der Waals surface area (Å²) in [6, 6.07) is 1.58. The van der Waals surface area contributed by atoms with Gasteiger partial charge in [0.1, 0.15) is 5.75 Å². The van der Waals surface area contributed by atoms with E-state index in [1.54, 1.807) is 6.07 Å². The molecule has 3 nitrogen and oxygen atoms in total. The number of primary amides is 1. The number of aromatic hydroxyl groups is 1. The van der Waals surface area contributed by atoms with Crippen molar-refractivity contribution in [2.45, 2.75) is 13.8 Å². The maximum absolute atomic E-state index is 10.9. The predicted octanol–water partition coefficient (Wildman–Crippen LogP) is 1.87. The smallest absolute Gasteiger partial charge is 0.252 e. The molecule has 0 unspecified atom stereocenters. The first-order chi connectivity index (χ1) is 5.95. The van der Waals surface area contributed by atoms with E-state index in [0.29, 0.717) is 4.47 Å². The van der Waals surface area contributed by atoms with Crippen LogP contribution in [0.3, 0.4) is 0 Å². The number of aryl methyl sites for hydroxylation is 1. The van der Waals surface area contributed by atoms with Crippen LogP contribution in [0.5, 0.6) is 5.75 Å². The third kappa shape index (κ3) is 1.67. The molecule has 0 aliphatic rings. The predicted molar refractivity (Wildman–Crippen MR) is 53.8 cm³/mol. The Morgan fingerprint density at radius 1 is 1.54 bits per heavy atom. The summed E-state index contributed by atoms with van der Waals surface area (Å²) in [5, 5.41) is 9.53. The molecule has 1 amide bonds. The molecule has 0 spiro atoms. The van der Waals surface area contributed by atoms with Crippen LogP contribution in [-0.4, -0.2) is 11.0 Å². The van der Waals surface area contributed by atoms with Gasteiger partial charge in [0, 0.05) is 0 Å². The third-order valence-electron chi connectivity index (χ3n) is 2.01. The minimum atomic E-state index is -0.624. The highest BCUT2D eigenvalue weighted by atomic mass is 79.9. The highest BCUT2D eigenvalue weighted by molar-refractivity contribution is 9.10. The fraction of sp³-hybridized carbons (Fsp3) is 0.222. The van der Waals surface area contributed by atoms with Gasteiger partial charge in [0.2, 0.25) is 0 Å². The van der Waals surface area contributed by atoms with Crippen LogP contribution in [0.4, 0.5) is 0 Å². The Morgan fingerprint density at radius 2 is 2.08 bits per heavy atom. The van der Waals surface area contributed by atoms with E-state index in [1.165, 1.54) is 0 Å². The molecule has 70 valence electrons. The topological polar surface area (TPSA) is 63.3 Å². The molecule has 3 N–H and O–H groups in total. The van der Waals surface area contributed by atoms with Gasteiger partial charge in [-0.2, -0.15) is 0 Å². The molecule has 0 bridgehead atoms. The van der Waals surface area contributed by atoms with E-state index in [2.05, 4.69) is 15.9 Å². The Morgan fingerprint density at radius 3 is 2.54 bits per heavy atom. The number of carbonyl (C=O) groups excluding carboxylic acids is 1. The summed E-state index contributed by atoms with van der Waals surface area (Å²) in [6.07, 6.45) is 0. The largest absolute Gasteiger partial charge is 0.506 e. The Kier molecular flexibility index (Phi) is 2.61. The molecule has 0 heterocycles. The second-order valence-electron chi connectivity index (χ2n) is 2.89. The second-order valence-corrected chi connectivity index (χ2v) is 3.69. The van der Waals surface area contributed by atoms with Gasteiger partial charge in [0.05, 0.1) is 10.0 Å². The van der Waals surface area contributed by atoms with Crippen LogP contribution in [0, 0.1) is 13.8 Å². The molecule has 0 radical (unpaired) electrons. The highest BCUT2D eigenvalue weighted by Crippen LogP contribution is 2.32. The second kappa shape index (κ2) is 3.38. The fourth-order valence-electron chi connectivity index (χ4n) is 1.05. The monoisotopic (exact) mass is 243 g/mol. The number of phenols is 1. The maximum atomic E-state index is 10.9. The van der Waals surface area contributed by atoms with Gasteiger partial charge in [-0.15, -0.1) is 0 Å². The van der Waals surface area contributed by atoms with Gasteiger partial charge in [-0.1, -0.05) is 0 Å². The van der Waals surface area contributed by atoms with Crippen molar-refractivity contribution < 1.29 is 9.90 Å². The Hall–Kier alpha value is -1.03. The number of rotatable bonds is 1. The molecule has 0 aromatic heterocycles. The van der Waals surface area contributed by atoms with E-state index in [1.807, 2.05) is 13.8 Å². The van der Waals surface area contributed by atoms with Crippen LogP contribution in [-0.2, 0) is 0 Å².